The van der Waals surface area contributed by atoms with Gasteiger partial charge in [-0.3, -0.25) is 0 Å². The van der Waals surface area contributed by atoms with Crippen molar-refractivity contribution in [3.63, 3.8) is 0 Å². The van der Waals surface area contributed by atoms with Gasteiger partial charge in [0.15, 0.2) is 0 Å². The lowest BCUT2D eigenvalue weighted by Gasteiger charge is -2.26. The minimum absolute atomic E-state index is 0.224. The monoisotopic (exact) mass is 252 g/mol. The molecule has 0 heterocycles. The van der Waals surface area contributed by atoms with E-state index in [1.165, 1.54) is 0 Å². The zero-order valence-electron chi connectivity index (χ0n) is 9.92. The molecule has 15 heavy (non-hydrogen) atoms. The fraction of sp³-hybridized carbons (Fsp3) is 0.889. The smallest absolute Gasteiger partial charge is 0.216 e. The van der Waals surface area contributed by atoms with E-state index >= 15 is 0 Å². The quantitative estimate of drug-likeness (QED) is 0.733. The van der Waals surface area contributed by atoms with Crippen LogP contribution < -0.4 is 10.5 Å². The number of sulfonamides is 1. The lowest BCUT2D eigenvalue weighted by atomic mass is 9.94. The fourth-order valence-electron chi connectivity index (χ4n) is 0.579. The van der Waals surface area contributed by atoms with E-state index < -0.39 is 20.2 Å². The standard InChI is InChI=1S/C9H20N2O2S2/c1-8(2,3)15(12,13)11-6-9(4,5)7(10)14/h11H,6H2,1-5H3,(H2,10,14). The summed E-state index contributed by atoms with van der Waals surface area (Å²) < 4.78 is 25.2. The summed E-state index contributed by atoms with van der Waals surface area (Å²) in [6.07, 6.45) is 0. The Hall–Kier alpha value is -0.200. The summed E-state index contributed by atoms with van der Waals surface area (Å²) in [5.74, 6) is 0. The lowest BCUT2D eigenvalue weighted by Crippen LogP contribution is -2.46. The Bertz CT molecular complexity index is 340. The molecule has 0 rings (SSSR count). The molecule has 0 bridgehead atoms. The van der Waals surface area contributed by atoms with Gasteiger partial charge in [0.2, 0.25) is 10.0 Å². The first-order chi connectivity index (χ1) is 6.40. The van der Waals surface area contributed by atoms with E-state index in [0.717, 1.165) is 0 Å². The molecule has 0 amide bonds. The summed E-state index contributed by atoms with van der Waals surface area (Å²) in [6.45, 7) is 8.76. The maximum atomic E-state index is 11.7. The molecule has 4 nitrogen and oxygen atoms in total. The third-order valence-corrected chi connectivity index (χ3v) is 4.87. The molecule has 0 aliphatic carbocycles. The zero-order valence-corrected chi connectivity index (χ0v) is 11.6. The molecule has 0 unspecified atom stereocenters. The van der Waals surface area contributed by atoms with E-state index in [0.29, 0.717) is 4.99 Å². The van der Waals surface area contributed by atoms with Crippen molar-refractivity contribution in [2.24, 2.45) is 11.1 Å². The van der Waals surface area contributed by atoms with Crippen LogP contribution in [-0.4, -0.2) is 24.7 Å². The average Bonchev–Trinajstić information content (AvgIpc) is 1.99. The summed E-state index contributed by atoms with van der Waals surface area (Å²) in [4.78, 5) is 0.305. The molecule has 90 valence electrons. The van der Waals surface area contributed by atoms with Crippen LogP contribution in [0.5, 0.6) is 0 Å². The second-order valence-corrected chi connectivity index (χ2v) is 8.15. The number of nitrogens with two attached hydrogens (primary N) is 1. The molecule has 0 aliphatic rings. The summed E-state index contributed by atoms with van der Waals surface area (Å²) in [7, 11) is -3.33. The average molecular weight is 252 g/mol. The Kier molecular flexibility index (Phi) is 4.29. The Morgan fingerprint density at radius 3 is 1.93 bits per heavy atom. The van der Waals surface area contributed by atoms with Crippen molar-refractivity contribution < 1.29 is 8.42 Å². The van der Waals surface area contributed by atoms with Gasteiger partial charge in [-0.1, -0.05) is 26.1 Å². The molecule has 0 saturated carbocycles. The van der Waals surface area contributed by atoms with Crippen LogP contribution in [0.3, 0.4) is 0 Å². The van der Waals surface area contributed by atoms with Crippen LogP contribution in [-0.2, 0) is 10.0 Å². The lowest BCUT2D eigenvalue weighted by molar-refractivity contribution is 0.489. The fourth-order valence-corrected chi connectivity index (χ4v) is 1.64. The molecule has 0 fully saturated rings. The molecule has 0 spiro atoms. The van der Waals surface area contributed by atoms with Crippen LogP contribution >= 0.6 is 12.2 Å². The second-order valence-electron chi connectivity index (χ2n) is 5.19. The Morgan fingerprint density at radius 2 is 1.67 bits per heavy atom. The van der Waals surface area contributed by atoms with Crippen molar-refractivity contribution in [2.75, 3.05) is 6.54 Å². The van der Waals surface area contributed by atoms with Gasteiger partial charge in [-0.2, -0.15) is 0 Å². The predicted octanol–water partition coefficient (Wildman–Crippen LogP) is 1.02. The van der Waals surface area contributed by atoms with Crippen LogP contribution in [0.1, 0.15) is 34.6 Å². The normalized spacial score (nSPS) is 13.9. The molecule has 0 aromatic rings. The zero-order chi connectivity index (χ0) is 12.5. The topological polar surface area (TPSA) is 72.2 Å². The van der Waals surface area contributed by atoms with Crippen LogP contribution in [0.25, 0.3) is 0 Å². The molecular weight excluding hydrogens is 232 g/mol. The van der Waals surface area contributed by atoms with Gasteiger partial charge >= 0.3 is 0 Å². The van der Waals surface area contributed by atoms with Crippen LogP contribution in [0.2, 0.25) is 0 Å². The van der Waals surface area contributed by atoms with Gasteiger partial charge in [-0.15, -0.1) is 0 Å². The highest BCUT2D eigenvalue weighted by molar-refractivity contribution is 7.90. The molecule has 6 heteroatoms. The van der Waals surface area contributed by atoms with Crippen molar-refractivity contribution in [3.05, 3.63) is 0 Å². The largest absolute Gasteiger partial charge is 0.393 e. The minimum atomic E-state index is -3.33. The van der Waals surface area contributed by atoms with E-state index in [-0.39, 0.29) is 6.54 Å². The van der Waals surface area contributed by atoms with Crippen LogP contribution in [0.4, 0.5) is 0 Å². The number of nitrogens with one attached hydrogen (secondary N) is 1. The van der Waals surface area contributed by atoms with Gasteiger partial charge in [0, 0.05) is 12.0 Å². The third kappa shape index (κ3) is 4.04. The highest BCUT2D eigenvalue weighted by atomic mass is 32.2. The predicted molar refractivity (Wildman–Crippen MR) is 67.2 cm³/mol. The maximum Gasteiger partial charge on any atom is 0.216 e. The SMILES string of the molecule is CC(C)(CNS(=O)(=O)C(C)(C)C)C(N)=S. The van der Waals surface area contributed by atoms with Gasteiger partial charge in [-0.25, -0.2) is 13.1 Å². The van der Waals surface area contributed by atoms with E-state index in [2.05, 4.69) is 4.72 Å². The van der Waals surface area contributed by atoms with E-state index in [1.807, 2.05) is 0 Å². The number of thiocarbonyl (C=S) groups is 1. The summed E-state index contributed by atoms with van der Waals surface area (Å²) >= 11 is 4.86. The van der Waals surface area contributed by atoms with Crippen LogP contribution in [0.15, 0.2) is 0 Å². The molecule has 0 radical (unpaired) electrons. The van der Waals surface area contributed by atoms with Gasteiger partial charge in [0.1, 0.15) is 0 Å². The molecule has 0 aromatic heterocycles. The van der Waals surface area contributed by atoms with E-state index in [9.17, 15) is 8.42 Å². The molecule has 0 saturated heterocycles. The van der Waals surface area contributed by atoms with Crippen molar-refractivity contribution in [3.8, 4) is 0 Å². The van der Waals surface area contributed by atoms with Gasteiger partial charge < -0.3 is 5.73 Å². The first-order valence-corrected chi connectivity index (χ1v) is 6.58. The molecule has 0 aromatic carbocycles. The highest BCUT2D eigenvalue weighted by Gasteiger charge is 2.31. The molecule has 0 aliphatic heterocycles. The Labute approximate surface area is 97.7 Å². The summed E-state index contributed by atoms with van der Waals surface area (Å²) in [5.41, 5.74) is 5.00. The summed E-state index contributed by atoms with van der Waals surface area (Å²) in [6, 6.07) is 0. The van der Waals surface area contributed by atoms with E-state index in [1.54, 1.807) is 34.6 Å². The number of rotatable bonds is 4. The van der Waals surface area contributed by atoms with Gasteiger partial charge in [-0.05, 0) is 20.8 Å². The van der Waals surface area contributed by atoms with Gasteiger partial charge in [0.25, 0.3) is 0 Å². The first-order valence-electron chi connectivity index (χ1n) is 4.69. The molecule has 0 atom stereocenters. The van der Waals surface area contributed by atoms with E-state index in [4.69, 9.17) is 18.0 Å². The Morgan fingerprint density at radius 1 is 1.27 bits per heavy atom. The Balaban J connectivity index is 4.62. The molecular formula is C9H20N2O2S2. The van der Waals surface area contributed by atoms with Gasteiger partial charge in [0.05, 0.1) is 9.74 Å². The molecule has 3 N–H and O–H groups in total. The number of hydrogen-bond donors (Lipinski definition) is 2. The minimum Gasteiger partial charge on any atom is -0.393 e. The third-order valence-electron chi connectivity index (χ3n) is 2.18. The van der Waals surface area contributed by atoms with Crippen molar-refractivity contribution in [1.29, 1.82) is 0 Å². The van der Waals surface area contributed by atoms with Crippen LogP contribution in [0, 0.1) is 5.41 Å². The number of hydrogen-bond acceptors (Lipinski definition) is 3. The van der Waals surface area contributed by atoms with Crippen molar-refractivity contribution in [2.45, 2.75) is 39.4 Å². The summed E-state index contributed by atoms with van der Waals surface area (Å²) in [5, 5.41) is 0. The first kappa shape index (κ1) is 14.8. The second kappa shape index (κ2) is 4.35. The highest BCUT2D eigenvalue weighted by Crippen LogP contribution is 2.17. The van der Waals surface area contributed by atoms with Crippen molar-refractivity contribution >= 4 is 27.2 Å². The van der Waals surface area contributed by atoms with Crippen molar-refractivity contribution in [1.82, 2.24) is 4.72 Å². The maximum absolute atomic E-state index is 11.7.